The number of nitrogens with one attached hydrogen (secondary N) is 2. The maximum atomic E-state index is 12.1. The van der Waals surface area contributed by atoms with Crippen molar-refractivity contribution in [3.63, 3.8) is 0 Å². The smallest absolute Gasteiger partial charge is 0.251 e. The van der Waals surface area contributed by atoms with Crippen molar-refractivity contribution in [3.05, 3.63) is 59.9 Å². The molecule has 0 bridgehead atoms. The minimum absolute atomic E-state index is 0.0155. The Labute approximate surface area is 135 Å². The Kier molecular flexibility index (Phi) is 5.46. The summed E-state index contributed by atoms with van der Waals surface area (Å²) >= 11 is 0. The molecule has 0 saturated carbocycles. The predicted molar refractivity (Wildman–Crippen MR) is 85.9 cm³/mol. The summed E-state index contributed by atoms with van der Waals surface area (Å²) in [6.45, 7) is 0.143. The number of benzene rings is 1. The minimum atomic E-state index is -3.73. The average Bonchev–Trinajstić information content (AvgIpc) is 2.59. The van der Waals surface area contributed by atoms with Crippen molar-refractivity contribution in [1.82, 2.24) is 15.0 Å². The third kappa shape index (κ3) is 4.64. The lowest BCUT2D eigenvalue weighted by Crippen LogP contribution is -2.26. The zero-order valence-corrected chi connectivity index (χ0v) is 13.0. The van der Waals surface area contributed by atoms with E-state index in [0.717, 1.165) is 0 Å². The minimum Gasteiger partial charge on any atom is -0.346 e. The first kappa shape index (κ1) is 16.7. The second-order valence-electron chi connectivity index (χ2n) is 4.56. The van der Waals surface area contributed by atoms with Gasteiger partial charge in [0.15, 0.2) is 0 Å². The van der Waals surface area contributed by atoms with Crippen LogP contribution < -0.4 is 10.0 Å². The van der Waals surface area contributed by atoms with E-state index < -0.39 is 10.0 Å². The number of carbonyl (C=O) groups excluding carboxylic acids is 1. The van der Waals surface area contributed by atoms with Gasteiger partial charge in [-0.2, -0.15) is 4.72 Å². The molecule has 1 aromatic carbocycles. The Morgan fingerprint density at radius 2 is 2.04 bits per heavy atom. The number of terminal acetylenes is 1. The maximum Gasteiger partial charge on any atom is 0.251 e. The topological polar surface area (TPSA) is 88.2 Å². The zero-order chi connectivity index (χ0) is 16.7. The summed E-state index contributed by atoms with van der Waals surface area (Å²) in [6, 6.07) is 11.1. The highest BCUT2D eigenvalue weighted by atomic mass is 32.2. The molecule has 2 N–H and O–H groups in total. The van der Waals surface area contributed by atoms with Gasteiger partial charge in [0, 0.05) is 11.8 Å². The van der Waals surface area contributed by atoms with Crippen molar-refractivity contribution in [1.29, 1.82) is 0 Å². The summed E-state index contributed by atoms with van der Waals surface area (Å²) in [6.07, 6.45) is 6.67. The first-order valence-electron chi connectivity index (χ1n) is 6.74. The summed E-state index contributed by atoms with van der Waals surface area (Å²) in [5.74, 6) is 1.81. The number of amides is 1. The van der Waals surface area contributed by atoms with Crippen LogP contribution in [0.4, 0.5) is 0 Å². The maximum absolute atomic E-state index is 12.1. The molecule has 0 aliphatic rings. The fourth-order valence-electron chi connectivity index (χ4n) is 1.80. The Bertz CT molecular complexity index is 827. The molecule has 23 heavy (non-hydrogen) atoms. The molecule has 0 radical (unpaired) electrons. The first-order valence-corrected chi connectivity index (χ1v) is 8.22. The van der Waals surface area contributed by atoms with E-state index in [-0.39, 0.29) is 29.5 Å². The second kappa shape index (κ2) is 7.54. The van der Waals surface area contributed by atoms with Crippen LogP contribution in [-0.4, -0.2) is 25.9 Å². The van der Waals surface area contributed by atoms with Gasteiger partial charge >= 0.3 is 0 Å². The van der Waals surface area contributed by atoms with E-state index >= 15 is 0 Å². The van der Waals surface area contributed by atoms with Crippen molar-refractivity contribution >= 4 is 15.9 Å². The number of hydrogen-bond donors (Lipinski definition) is 2. The second-order valence-corrected chi connectivity index (χ2v) is 6.33. The molecular weight excluding hydrogens is 314 g/mol. The Morgan fingerprint density at radius 1 is 1.22 bits per heavy atom. The number of hydrogen-bond acceptors (Lipinski definition) is 4. The summed E-state index contributed by atoms with van der Waals surface area (Å²) in [5.41, 5.74) is 0.949. The molecule has 2 aromatic rings. The van der Waals surface area contributed by atoms with E-state index in [1.165, 1.54) is 24.3 Å². The van der Waals surface area contributed by atoms with Crippen LogP contribution in [0.2, 0.25) is 0 Å². The van der Waals surface area contributed by atoms with Crippen molar-refractivity contribution in [3.8, 4) is 12.3 Å². The average molecular weight is 329 g/mol. The van der Waals surface area contributed by atoms with E-state index in [2.05, 4.69) is 20.9 Å². The van der Waals surface area contributed by atoms with Gasteiger partial charge in [-0.05, 0) is 30.3 Å². The number of sulfonamides is 1. The Balaban J connectivity index is 2.10. The van der Waals surface area contributed by atoms with E-state index in [4.69, 9.17) is 6.42 Å². The van der Waals surface area contributed by atoms with Crippen LogP contribution in [0.1, 0.15) is 16.1 Å². The van der Waals surface area contributed by atoms with Gasteiger partial charge in [-0.3, -0.25) is 9.78 Å². The van der Waals surface area contributed by atoms with Crippen LogP contribution >= 0.6 is 0 Å². The highest BCUT2D eigenvalue weighted by Gasteiger charge is 2.15. The monoisotopic (exact) mass is 329 g/mol. The first-order chi connectivity index (χ1) is 11.0. The van der Waals surface area contributed by atoms with Crippen LogP contribution in [0.15, 0.2) is 53.6 Å². The van der Waals surface area contributed by atoms with Gasteiger partial charge in [0.1, 0.15) is 0 Å². The summed E-state index contributed by atoms with van der Waals surface area (Å²) in [7, 11) is -3.73. The fourth-order valence-corrected chi connectivity index (χ4v) is 2.78. The number of aromatic nitrogens is 1. The lowest BCUT2D eigenvalue weighted by molar-refractivity contribution is 0.0950. The Hall–Kier alpha value is -2.69. The van der Waals surface area contributed by atoms with Crippen molar-refractivity contribution in [2.45, 2.75) is 11.4 Å². The molecule has 1 amide bonds. The van der Waals surface area contributed by atoms with Gasteiger partial charge in [-0.25, -0.2) is 8.42 Å². The quantitative estimate of drug-likeness (QED) is 0.772. The van der Waals surface area contributed by atoms with Gasteiger partial charge in [-0.15, -0.1) is 6.42 Å². The van der Waals surface area contributed by atoms with E-state index in [1.54, 1.807) is 18.3 Å². The molecule has 0 unspecified atom stereocenters. The van der Waals surface area contributed by atoms with Crippen molar-refractivity contribution in [2.24, 2.45) is 0 Å². The van der Waals surface area contributed by atoms with Crippen LogP contribution in [0.3, 0.4) is 0 Å². The predicted octanol–water partition coefficient (Wildman–Crippen LogP) is 0.923. The Morgan fingerprint density at radius 3 is 2.74 bits per heavy atom. The zero-order valence-electron chi connectivity index (χ0n) is 12.2. The molecule has 7 heteroatoms. The summed E-state index contributed by atoms with van der Waals surface area (Å²) in [5, 5.41) is 2.69. The third-order valence-electron chi connectivity index (χ3n) is 2.93. The normalized spacial score (nSPS) is 10.7. The van der Waals surface area contributed by atoms with Gasteiger partial charge in [0.05, 0.1) is 23.7 Å². The summed E-state index contributed by atoms with van der Waals surface area (Å²) < 4.78 is 26.2. The largest absolute Gasteiger partial charge is 0.346 e. The standard InChI is InChI=1S/C16H15N3O3S/c1-2-9-19-23(21,22)15-8-5-6-13(11-15)16(20)18-12-14-7-3-4-10-17-14/h1,3-8,10-11,19H,9,12H2,(H,18,20). The van der Waals surface area contributed by atoms with Crippen molar-refractivity contribution in [2.75, 3.05) is 6.54 Å². The molecule has 0 saturated heterocycles. The molecule has 1 aromatic heterocycles. The molecule has 0 aliphatic carbocycles. The number of rotatable bonds is 6. The molecule has 0 aliphatic heterocycles. The van der Waals surface area contributed by atoms with Crippen LogP contribution in [-0.2, 0) is 16.6 Å². The van der Waals surface area contributed by atoms with Crippen LogP contribution in [0.25, 0.3) is 0 Å². The molecule has 0 atom stereocenters. The third-order valence-corrected chi connectivity index (χ3v) is 4.33. The van der Waals surface area contributed by atoms with Gasteiger partial charge in [0.2, 0.25) is 10.0 Å². The molecule has 1 heterocycles. The number of nitrogens with zero attached hydrogens (tertiary/aromatic N) is 1. The number of carbonyl (C=O) groups is 1. The lowest BCUT2D eigenvalue weighted by Gasteiger charge is -2.07. The summed E-state index contributed by atoms with van der Waals surface area (Å²) in [4.78, 5) is 16.2. The molecular formula is C16H15N3O3S. The van der Waals surface area contributed by atoms with E-state index in [1.807, 2.05) is 6.07 Å². The molecule has 2 rings (SSSR count). The van der Waals surface area contributed by atoms with Gasteiger partial charge in [0.25, 0.3) is 5.91 Å². The molecule has 6 nitrogen and oxygen atoms in total. The van der Waals surface area contributed by atoms with Gasteiger partial charge in [-0.1, -0.05) is 18.1 Å². The van der Waals surface area contributed by atoms with Gasteiger partial charge < -0.3 is 5.32 Å². The molecule has 0 fully saturated rings. The van der Waals surface area contributed by atoms with Crippen LogP contribution in [0.5, 0.6) is 0 Å². The lowest BCUT2D eigenvalue weighted by atomic mass is 10.2. The number of pyridine rings is 1. The SMILES string of the molecule is C#CCNS(=O)(=O)c1cccc(C(=O)NCc2ccccn2)c1. The van der Waals surface area contributed by atoms with Crippen molar-refractivity contribution < 1.29 is 13.2 Å². The highest BCUT2D eigenvalue weighted by Crippen LogP contribution is 2.11. The molecule has 118 valence electrons. The van der Waals surface area contributed by atoms with E-state index in [0.29, 0.717) is 5.69 Å². The fraction of sp³-hybridized carbons (Fsp3) is 0.125. The molecule has 0 spiro atoms. The highest BCUT2D eigenvalue weighted by molar-refractivity contribution is 7.89. The van der Waals surface area contributed by atoms with E-state index in [9.17, 15) is 13.2 Å². The van der Waals surface area contributed by atoms with Crippen LogP contribution in [0, 0.1) is 12.3 Å².